The lowest BCUT2D eigenvalue weighted by molar-refractivity contribution is 0.346. The molecule has 0 fully saturated rings. The highest BCUT2D eigenvalue weighted by Gasteiger charge is 2.22. The van der Waals surface area contributed by atoms with Crippen LogP contribution >= 0.6 is 0 Å². The zero-order valence-electron chi connectivity index (χ0n) is 18.1. The van der Waals surface area contributed by atoms with Gasteiger partial charge < -0.3 is 24.4 Å². The number of nitrogens with zero attached hydrogens (tertiary/aromatic N) is 3. The molecule has 0 amide bonds. The van der Waals surface area contributed by atoms with Gasteiger partial charge in [-0.3, -0.25) is 9.98 Å². The van der Waals surface area contributed by atoms with E-state index in [0.29, 0.717) is 6.54 Å². The smallest absolute Gasteiger partial charge is 0.194 e. The van der Waals surface area contributed by atoms with Crippen molar-refractivity contribution in [1.29, 1.82) is 0 Å². The Morgan fingerprint density at radius 2 is 1.79 bits per heavy atom. The van der Waals surface area contributed by atoms with Crippen LogP contribution in [-0.2, 0) is 19.5 Å². The van der Waals surface area contributed by atoms with E-state index in [9.17, 15) is 0 Å². The van der Waals surface area contributed by atoms with E-state index in [-0.39, 0.29) is 0 Å². The van der Waals surface area contributed by atoms with Crippen LogP contribution in [0.5, 0.6) is 17.2 Å². The van der Waals surface area contributed by atoms with Gasteiger partial charge in [-0.2, -0.15) is 0 Å². The topological polar surface area (TPSA) is 68.2 Å². The minimum absolute atomic E-state index is 0.588. The van der Waals surface area contributed by atoms with Crippen LogP contribution in [0.2, 0.25) is 0 Å². The fourth-order valence-electron chi connectivity index (χ4n) is 3.81. The monoisotopic (exact) mass is 398 g/mol. The molecule has 0 radical (unpaired) electrons. The number of aliphatic imine (C=N–C) groups is 1. The van der Waals surface area contributed by atoms with Crippen LogP contribution in [0.1, 0.15) is 27.9 Å². The molecular weight excluding hydrogens is 368 g/mol. The highest BCUT2D eigenvalue weighted by molar-refractivity contribution is 5.80. The van der Waals surface area contributed by atoms with Crippen molar-refractivity contribution >= 4 is 5.96 Å². The Kier molecular flexibility index (Phi) is 6.46. The number of benzene rings is 1. The van der Waals surface area contributed by atoms with Crippen molar-refractivity contribution in [3.8, 4) is 17.2 Å². The maximum Gasteiger partial charge on any atom is 0.194 e. The van der Waals surface area contributed by atoms with Crippen LogP contribution in [-0.4, -0.2) is 50.8 Å². The molecule has 0 spiro atoms. The Bertz CT molecular complexity index is 911. The van der Waals surface area contributed by atoms with Crippen LogP contribution < -0.4 is 19.5 Å². The SMILES string of the molecule is CN=C(NCc1ncc(C)c(OC)c1C)N1CCc2cc(OC)c(OC)cc2C1. The number of hydrogen-bond acceptors (Lipinski definition) is 5. The summed E-state index contributed by atoms with van der Waals surface area (Å²) in [6.07, 6.45) is 2.77. The first-order valence-electron chi connectivity index (χ1n) is 9.70. The lowest BCUT2D eigenvalue weighted by atomic mass is 9.99. The van der Waals surface area contributed by atoms with E-state index < -0.39 is 0 Å². The van der Waals surface area contributed by atoms with Gasteiger partial charge in [0, 0.05) is 37.5 Å². The van der Waals surface area contributed by atoms with E-state index in [1.54, 1.807) is 21.3 Å². The molecule has 1 aliphatic heterocycles. The van der Waals surface area contributed by atoms with Gasteiger partial charge in [-0.15, -0.1) is 0 Å². The summed E-state index contributed by atoms with van der Waals surface area (Å²) in [5, 5.41) is 3.45. The summed E-state index contributed by atoms with van der Waals surface area (Å²) in [6, 6.07) is 4.14. The number of rotatable bonds is 5. The lowest BCUT2D eigenvalue weighted by Gasteiger charge is -2.32. The number of pyridine rings is 1. The Balaban J connectivity index is 1.74. The summed E-state index contributed by atoms with van der Waals surface area (Å²) in [5.41, 5.74) is 5.56. The van der Waals surface area contributed by atoms with Gasteiger partial charge in [0.25, 0.3) is 0 Å². The Hall–Kier alpha value is -2.96. The molecule has 3 rings (SSSR count). The summed E-state index contributed by atoms with van der Waals surface area (Å²) >= 11 is 0. The van der Waals surface area contributed by atoms with E-state index in [1.807, 2.05) is 27.1 Å². The fourth-order valence-corrected chi connectivity index (χ4v) is 3.81. The second kappa shape index (κ2) is 9.03. The van der Waals surface area contributed by atoms with Gasteiger partial charge in [0.05, 0.1) is 33.6 Å². The molecule has 0 aliphatic carbocycles. The minimum Gasteiger partial charge on any atom is -0.496 e. The summed E-state index contributed by atoms with van der Waals surface area (Å²) in [6.45, 7) is 6.27. The molecule has 0 saturated carbocycles. The molecule has 1 aromatic heterocycles. The molecule has 29 heavy (non-hydrogen) atoms. The molecule has 0 atom stereocenters. The summed E-state index contributed by atoms with van der Waals surface area (Å²) in [7, 11) is 6.83. The third kappa shape index (κ3) is 4.23. The van der Waals surface area contributed by atoms with Gasteiger partial charge in [-0.05, 0) is 43.5 Å². The molecule has 7 nitrogen and oxygen atoms in total. The first-order chi connectivity index (χ1) is 14.0. The van der Waals surface area contributed by atoms with Crippen LogP contribution in [0.3, 0.4) is 0 Å². The average molecular weight is 399 g/mol. The fraction of sp³-hybridized carbons (Fsp3) is 0.455. The number of methoxy groups -OCH3 is 3. The van der Waals surface area contributed by atoms with E-state index in [0.717, 1.165) is 59.5 Å². The Morgan fingerprint density at radius 1 is 1.10 bits per heavy atom. The van der Waals surface area contributed by atoms with E-state index in [2.05, 4.69) is 32.3 Å². The van der Waals surface area contributed by atoms with Crippen molar-refractivity contribution in [2.45, 2.75) is 33.4 Å². The van der Waals surface area contributed by atoms with Gasteiger partial charge in [0.1, 0.15) is 5.75 Å². The number of hydrogen-bond donors (Lipinski definition) is 1. The predicted octanol–water partition coefficient (Wildman–Crippen LogP) is 2.86. The van der Waals surface area contributed by atoms with Crippen LogP contribution in [0.4, 0.5) is 0 Å². The van der Waals surface area contributed by atoms with E-state index in [1.165, 1.54) is 11.1 Å². The van der Waals surface area contributed by atoms with Crippen LogP contribution in [0, 0.1) is 13.8 Å². The zero-order valence-corrected chi connectivity index (χ0v) is 18.1. The van der Waals surface area contributed by atoms with Crippen LogP contribution in [0.25, 0.3) is 0 Å². The van der Waals surface area contributed by atoms with Gasteiger partial charge in [0.2, 0.25) is 0 Å². The maximum atomic E-state index is 5.52. The number of fused-ring (bicyclic) bond motifs is 1. The zero-order chi connectivity index (χ0) is 21.0. The molecule has 2 heterocycles. The lowest BCUT2D eigenvalue weighted by Crippen LogP contribution is -2.43. The molecule has 0 bridgehead atoms. The first-order valence-corrected chi connectivity index (χ1v) is 9.70. The number of ether oxygens (including phenoxy) is 3. The third-order valence-corrected chi connectivity index (χ3v) is 5.39. The second-order valence-electron chi connectivity index (χ2n) is 7.09. The first kappa shape index (κ1) is 20.8. The van der Waals surface area contributed by atoms with E-state index in [4.69, 9.17) is 14.2 Å². The molecule has 0 unspecified atom stereocenters. The highest BCUT2D eigenvalue weighted by atomic mass is 16.5. The summed E-state index contributed by atoms with van der Waals surface area (Å²) in [4.78, 5) is 11.3. The molecule has 156 valence electrons. The molecule has 1 N–H and O–H groups in total. The predicted molar refractivity (Wildman–Crippen MR) is 114 cm³/mol. The van der Waals surface area contributed by atoms with Crippen molar-refractivity contribution in [1.82, 2.24) is 15.2 Å². The number of aryl methyl sites for hydroxylation is 1. The normalized spacial score (nSPS) is 13.7. The molecule has 1 aromatic carbocycles. The van der Waals surface area contributed by atoms with Crippen molar-refractivity contribution in [2.24, 2.45) is 4.99 Å². The van der Waals surface area contributed by atoms with Gasteiger partial charge >= 0.3 is 0 Å². The molecular formula is C22H30N4O3. The minimum atomic E-state index is 0.588. The number of nitrogens with one attached hydrogen (secondary N) is 1. The Labute approximate surface area is 172 Å². The number of aromatic nitrogens is 1. The van der Waals surface area contributed by atoms with Gasteiger partial charge in [-0.25, -0.2) is 0 Å². The molecule has 7 heteroatoms. The highest BCUT2D eigenvalue weighted by Crippen LogP contribution is 2.33. The molecule has 0 saturated heterocycles. The second-order valence-corrected chi connectivity index (χ2v) is 7.09. The summed E-state index contributed by atoms with van der Waals surface area (Å²) < 4.78 is 16.4. The van der Waals surface area contributed by atoms with Crippen molar-refractivity contribution in [3.05, 3.63) is 46.3 Å². The molecule has 1 aliphatic rings. The van der Waals surface area contributed by atoms with Gasteiger partial charge in [-0.1, -0.05) is 0 Å². The van der Waals surface area contributed by atoms with Crippen molar-refractivity contribution in [2.75, 3.05) is 34.9 Å². The number of guanidine groups is 1. The molecule has 2 aromatic rings. The summed E-state index contributed by atoms with van der Waals surface area (Å²) in [5.74, 6) is 3.27. The standard InChI is InChI=1S/C22H30N4O3/c1-14-11-24-18(15(2)21(14)29-6)12-25-22(23-3)26-8-7-16-9-19(27-4)20(28-5)10-17(16)13-26/h9-11H,7-8,12-13H2,1-6H3,(H,23,25). The maximum absolute atomic E-state index is 5.52. The Morgan fingerprint density at radius 3 is 2.41 bits per heavy atom. The largest absolute Gasteiger partial charge is 0.496 e. The van der Waals surface area contributed by atoms with E-state index >= 15 is 0 Å². The van der Waals surface area contributed by atoms with Crippen molar-refractivity contribution in [3.63, 3.8) is 0 Å². The van der Waals surface area contributed by atoms with Gasteiger partial charge in [0.15, 0.2) is 17.5 Å². The average Bonchev–Trinajstić information content (AvgIpc) is 2.74. The quantitative estimate of drug-likeness (QED) is 0.617. The van der Waals surface area contributed by atoms with Crippen molar-refractivity contribution < 1.29 is 14.2 Å². The third-order valence-electron chi connectivity index (χ3n) is 5.39. The van der Waals surface area contributed by atoms with Crippen LogP contribution in [0.15, 0.2) is 23.3 Å².